The fourth-order valence-corrected chi connectivity index (χ4v) is 2.47. The second-order valence-corrected chi connectivity index (χ2v) is 5.10. The lowest BCUT2D eigenvalue weighted by molar-refractivity contribution is 0.256. The Bertz CT molecular complexity index is 378. The molecule has 0 unspecified atom stereocenters. The van der Waals surface area contributed by atoms with Gasteiger partial charge in [0.05, 0.1) is 12.1 Å². The van der Waals surface area contributed by atoms with Gasteiger partial charge in [0, 0.05) is 12.6 Å². The molecule has 0 aromatic heterocycles. The number of halogens is 1. The Hall–Kier alpha value is -0.770. The summed E-state index contributed by atoms with van der Waals surface area (Å²) in [5.74, 6) is 1.47. The van der Waals surface area contributed by atoms with E-state index in [0.717, 1.165) is 37.6 Å². The van der Waals surface area contributed by atoms with E-state index in [2.05, 4.69) is 5.32 Å². The molecule has 0 bridgehead atoms. The number of hydrogen-bond acceptors (Lipinski definition) is 3. The third-order valence-electron chi connectivity index (χ3n) is 3.25. The molecule has 17 heavy (non-hydrogen) atoms. The number of nitrogens with two attached hydrogens (primary N) is 1. The van der Waals surface area contributed by atoms with Crippen LogP contribution in [0.4, 0.5) is 0 Å². The van der Waals surface area contributed by atoms with E-state index in [1.807, 2.05) is 18.2 Å². The van der Waals surface area contributed by atoms with Crippen LogP contribution in [0, 0.1) is 5.92 Å². The van der Waals surface area contributed by atoms with Gasteiger partial charge >= 0.3 is 0 Å². The Balaban J connectivity index is 1.77. The van der Waals surface area contributed by atoms with E-state index in [0.29, 0.717) is 11.1 Å². The van der Waals surface area contributed by atoms with E-state index in [-0.39, 0.29) is 0 Å². The molecule has 4 heteroatoms. The first-order chi connectivity index (χ1) is 8.19. The SMILES string of the molecule is COc1ccc(CNCC2CC(N)C2)cc1Cl. The molecule has 1 saturated carbocycles. The number of rotatable bonds is 5. The lowest BCUT2D eigenvalue weighted by Gasteiger charge is -2.32. The Morgan fingerprint density at radius 1 is 1.47 bits per heavy atom. The van der Waals surface area contributed by atoms with Crippen molar-refractivity contribution in [1.29, 1.82) is 0 Å². The molecule has 0 atom stereocenters. The van der Waals surface area contributed by atoms with Crippen molar-refractivity contribution in [3.8, 4) is 5.75 Å². The molecule has 3 nitrogen and oxygen atoms in total. The minimum atomic E-state index is 0.428. The smallest absolute Gasteiger partial charge is 0.137 e. The van der Waals surface area contributed by atoms with Crippen molar-refractivity contribution in [3.63, 3.8) is 0 Å². The summed E-state index contributed by atoms with van der Waals surface area (Å²) in [5, 5.41) is 4.10. The van der Waals surface area contributed by atoms with Crippen LogP contribution in [0.25, 0.3) is 0 Å². The maximum atomic E-state index is 6.06. The summed E-state index contributed by atoms with van der Waals surface area (Å²) < 4.78 is 5.11. The van der Waals surface area contributed by atoms with E-state index >= 15 is 0 Å². The second-order valence-electron chi connectivity index (χ2n) is 4.70. The highest BCUT2D eigenvalue weighted by atomic mass is 35.5. The average molecular weight is 255 g/mol. The van der Waals surface area contributed by atoms with Crippen LogP contribution in [-0.4, -0.2) is 19.7 Å². The van der Waals surface area contributed by atoms with Gasteiger partial charge in [0.15, 0.2) is 0 Å². The second kappa shape index (κ2) is 5.71. The molecule has 0 aliphatic heterocycles. The van der Waals surface area contributed by atoms with Crippen LogP contribution in [0.3, 0.4) is 0 Å². The molecule has 1 aromatic rings. The van der Waals surface area contributed by atoms with Crippen LogP contribution < -0.4 is 15.8 Å². The molecule has 0 spiro atoms. The first-order valence-electron chi connectivity index (χ1n) is 5.97. The largest absolute Gasteiger partial charge is 0.495 e. The number of benzene rings is 1. The molecular formula is C13H19ClN2O. The molecule has 1 aliphatic carbocycles. The summed E-state index contributed by atoms with van der Waals surface area (Å²) in [6.07, 6.45) is 2.30. The highest BCUT2D eigenvalue weighted by molar-refractivity contribution is 6.32. The summed E-state index contributed by atoms with van der Waals surface area (Å²) in [7, 11) is 1.62. The zero-order valence-electron chi connectivity index (χ0n) is 10.1. The predicted octanol–water partition coefficient (Wildman–Crippen LogP) is 2.18. The minimum Gasteiger partial charge on any atom is -0.495 e. The number of ether oxygens (including phenoxy) is 1. The molecule has 1 fully saturated rings. The Morgan fingerprint density at radius 2 is 2.24 bits per heavy atom. The van der Waals surface area contributed by atoms with Crippen LogP contribution >= 0.6 is 11.6 Å². The third kappa shape index (κ3) is 3.35. The topological polar surface area (TPSA) is 47.3 Å². The maximum absolute atomic E-state index is 6.06. The number of methoxy groups -OCH3 is 1. The van der Waals surface area contributed by atoms with Crippen molar-refractivity contribution in [1.82, 2.24) is 5.32 Å². The Morgan fingerprint density at radius 3 is 2.82 bits per heavy atom. The normalized spacial score (nSPS) is 23.2. The molecule has 1 aliphatic rings. The molecule has 2 rings (SSSR count). The summed E-state index contributed by atoms with van der Waals surface area (Å²) in [5.41, 5.74) is 6.92. The first kappa shape index (κ1) is 12.7. The van der Waals surface area contributed by atoms with Crippen molar-refractivity contribution < 1.29 is 4.74 Å². The summed E-state index contributed by atoms with van der Waals surface area (Å²) in [6.45, 7) is 1.88. The number of hydrogen-bond donors (Lipinski definition) is 2. The van der Waals surface area contributed by atoms with Gasteiger partial charge in [-0.25, -0.2) is 0 Å². The molecule has 0 radical (unpaired) electrons. The summed E-state index contributed by atoms with van der Waals surface area (Å²) >= 11 is 6.06. The molecule has 3 N–H and O–H groups in total. The van der Waals surface area contributed by atoms with E-state index in [1.54, 1.807) is 7.11 Å². The standard InChI is InChI=1S/C13H19ClN2O/c1-17-13-3-2-9(6-12(13)14)7-16-8-10-4-11(15)5-10/h2-3,6,10-11,16H,4-5,7-8,15H2,1H3. The van der Waals surface area contributed by atoms with E-state index < -0.39 is 0 Å². The monoisotopic (exact) mass is 254 g/mol. The van der Waals surface area contributed by atoms with Gasteiger partial charge in [-0.05, 0) is 43.0 Å². The van der Waals surface area contributed by atoms with Gasteiger partial charge in [-0.2, -0.15) is 0 Å². The van der Waals surface area contributed by atoms with Crippen LogP contribution in [0.15, 0.2) is 18.2 Å². The van der Waals surface area contributed by atoms with E-state index in [1.165, 1.54) is 5.56 Å². The highest BCUT2D eigenvalue weighted by Crippen LogP contribution is 2.26. The van der Waals surface area contributed by atoms with Crippen molar-refractivity contribution in [2.45, 2.75) is 25.4 Å². The molecule has 1 aromatic carbocycles. The van der Waals surface area contributed by atoms with Gasteiger partial charge in [0.2, 0.25) is 0 Å². The van der Waals surface area contributed by atoms with Gasteiger partial charge in [0.25, 0.3) is 0 Å². The molecule has 0 saturated heterocycles. The third-order valence-corrected chi connectivity index (χ3v) is 3.55. The zero-order chi connectivity index (χ0) is 12.3. The van der Waals surface area contributed by atoms with Crippen molar-refractivity contribution >= 4 is 11.6 Å². The predicted molar refractivity (Wildman–Crippen MR) is 70.4 cm³/mol. The van der Waals surface area contributed by atoms with Crippen molar-refractivity contribution in [3.05, 3.63) is 28.8 Å². The minimum absolute atomic E-state index is 0.428. The lowest BCUT2D eigenvalue weighted by Crippen LogP contribution is -2.41. The fraction of sp³-hybridized carbons (Fsp3) is 0.538. The van der Waals surface area contributed by atoms with Crippen LogP contribution in [0.5, 0.6) is 5.75 Å². The van der Waals surface area contributed by atoms with Gasteiger partial charge < -0.3 is 15.8 Å². The van der Waals surface area contributed by atoms with Crippen LogP contribution in [0.1, 0.15) is 18.4 Å². The maximum Gasteiger partial charge on any atom is 0.137 e. The number of nitrogens with one attached hydrogen (secondary N) is 1. The first-order valence-corrected chi connectivity index (χ1v) is 6.35. The fourth-order valence-electron chi connectivity index (χ4n) is 2.19. The molecular weight excluding hydrogens is 236 g/mol. The molecule has 0 heterocycles. The van der Waals surface area contributed by atoms with E-state index in [9.17, 15) is 0 Å². The zero-order valence-corrected chi connectivity index (χ0v) is 10.8. The average Bonchev–Trinajstić information content (AvgIpc) is 2.27. The van der Waals surface area contributed by atoms with Crippen molar-refractivity contribution in [2.75, 3.05) is 13.7 Å². The Kier molecular flexibility index (Phi) is 4.26. The van der Waals surface area contributed by atoms with Gasteiger partial charge in [0.1, 0.15) is 5.75 Å². The van der Waals surface area contributed by atoms with Crippen molar-refractivity contribution in [2.24, 2.45) is 11.7 Å². The van der Waals surface area contributed by atoms with Crippen LogP contribution in [-0.2, 0) is 6.54 Å². The Labute approximate surface area is 107 Å². The molecule has 0 amide bonds. The highest BCUT2D eigenvalue weighted by Gasteiger charge is 2.24. The van der Waals surface area contributed by atoms with Gasteiger partial charge in [-0.3, -0.25) is 0 Å². The summed E-state index contributed by atoms with van der Waals surface area (Å²) in [6, 6.07) is 6.31. The summed E-state index contributed by atoms with van der Waals surface area (Å²) in [4.78, 5) is 0. The quantitative estimate of drug-likeness (QED) is 0.847. The lowest BCUT2D eigenvalue weighted by atomic mass is 9.81. The van der Waals surface area contributed by atoms with E-state index in [4.69, 9.17) is 22.1 Å². The molecule has 94 valence electrons. The van der Waals surface area contributed by atoms with Gasteiger partial charge in [-0.1, -0.05) is 17.7 Å². The van der Waals surface area contributed by atoms with Gasteiger partial charge in [-0.15, -0.1) is 0 Å². The van der Waals surface area contributed by atoms with Crippen LogP contribution in [0.2, 0.25) is 5.02 Å².